The van der Waals surface area contributed by atoms with Gasteiger partial charge in [0.25, 0.3) is 0 Å². The standard InChI is InChI=1S/C18H27NO3/c1-14(11-15-7-4-5-9-17(15)22-3)12-18(20)19-10-6-8-16(13-19)21-2/h4-5,7,9,14,16H,6,8,10-13H2,1-3H3/t14-,16+/m1/s1. The number of para-hydroxylation sites is 1. The second-order valence-corrected chi connectivity index (χ2v) is 6.16. The molecule has 4 heteroatoms. The van der Waals surface area contributed by atoms with Gasteiger partial charge >= 0.3 is 0 Å². The molecule has 0 aromatic heterocycles. The Kier molecular flexibility index (Phi) is 6.25. The minimum atomic E-state index is 0.197. The number of ether oxygens (including phenoxy) is 2. The molecule has 0 spiro atoms. The molecule has 1 fully saturated rings. The Bertz CT molecular complexity index is 489. The third kappa shape index (κ3) is 4.47. The van der Waals surface area contributed by atoms with Crippen LogP contribution in [0.5, 0.6) is 5.75 Å². The van der Waals surface area contributed by atoms with Crippen molar-refractivity contribution in [3.63, 3.8) is 0 Å². The van der Waals surface area contributed by atoms with E-state index in [4.69, 9.17) is 9.47 Å². The van der Waals surface area contributed by atoms with Gasteiger partial charge in [-0.3, -0.25) is 4.79 Å². The monoisotopic (exact) mass is 305 g/mol. The van der Waals surface area contributed by atoms with E-state index in [9.17, 15) is 4.79 Å². The number of benzene rings is 1. The van der Waals surface area contributed by atoms with Crippen molar-refractivity contribution in [3.05, 3.63) is 29.8 Å². The maximum atomic E-state index is 12.5. The van der Waals surface area contributed by atoms with E-state index in [0.29, 0.717) is 12.3 Å². The molecule has 4 nitrogen and oxygen atoms in total. The van der Waals surface area contributed by atoms with E-state index in [1.807, 2.05) is 23.1 Å². The zero-order valence-corrected chi connectivity index (χ0v) is 13.9. The summed E-state index contributed by atoms with van der Waals surface area (Å²) in [6.07, 6.45) is 3.72. The van der Waals surface area contributed by atoms with Gasteiger partial charge in [0.2, 0.25) is 5.91 Å². The first-order valence-electron chi connectivity index (χ1n) is 8.06. The molecule has 2 atom stereocenters. The lowest BCUT2D eigenvalue weighted by Crippen LogP contribution is -2.43. The summed E-state index contributed by atoms with van der Waals surface area (Å²) in [6.45, 7) is 3.72. The quantitative estimate of drug-likeness (QED) is 0.811. The Morgan fingerprint density at radius 1 is 1.36 bits per heavy atom. The van der Waals surface area contributed by atoms with Crippen LogP contribution in [-0.4, -0.2) is 44.2 Å². The zero-order chi connectivity index (χ0) is 15.9. The first-order valence-corrected chi connectivity index (χ1v) is 8.06. The molecule has 122 valence electrons. The van der Waals surface area contributed by atoms with E-state index in [1.165, 1.54) is 5.56 Å². The molecule has 0 bridgehead atoms. The maximum Gasteiger partial charge on any atom is 0.222 e. The van der Waals surface area contributed by atoms with Gasteiger partial charge in [-0.1, -0.05) is 25.1 Å². The van der Waals surface area contributed by atoms with Gasteiger partial charge in [-0.2, -0.15) is 0 Å². The Morgan fingerprint density at radius 2 is 2.14 bits per heavy atom. The predicted molar refractivity (Wildman–Crippen MR) is 87.1 cm³/mol. The van der Waals surface area contributed by atoms with Crippen molar-refractivity contribution in [1.82, 2.24) is 4.90 Å². The van der Waals surface area contributed by atoms with Crippen molar-refractivity contribution in [1.29, 1.82) is 0 Å². The van der Waals surface area contributed by atoms with Crippen LogP contribution in [0.25, 0.3) is 0 Å². The highest BCUT2D eigenvalue weighted by atomic mass is 16.5. The lowest BCUT2D eigenvalue weighted by atomic mass is 9.96. The molecule has 1 aromatic carbocycles. The van der Waals surface area contributed by atoms with E-state index in [2.05, 4.69) is 13.0 Å². The number of piperidine rings is 1. The lowest BCUT2D eigenvalue weighted by Gasteiger charge is -2.32. The highest BCUT2D eigenvalue weighted by Crippen LogP contribution is 2.23. The highest BCUT2D eigenvalue weighted by molar-refractivity contribution is 5.76. The minimum absolute atomic E-state index is 0.197. The van der Waals surface area contributed by atoms with E-state index in [1.54, 1.807) is 14.2 Å². The van der Waals surface area contributed by atoms with Gasteiger partial charge < -0.3 is 14.4 Å². The molecule has 1 saturated heterocycles. The summed E-state index contributed by atoms with van der Waals surface area (Å²) in [5.74, 6) is 1.44. The molecule has 1 amide bonds. The number of nitrogens with zero attached hydrogens (tertiary/aromatic N) is 1. The van der Waals surface area contributed by atoms with Crippen LogP contribution in [0.15, 0.2) is 24.3 Å². The summed E-state index contributed by atoms with van der Waals surface area (Å²) in [5.41, 5.74) is 1.17. The molecule has 0 N–H and O–H groups in total. The van der Waals surface area contributed by atoms with Gasteiger partial charge in [0.05, 0.1) is 13.2 Å². The largest absolute Gasteiger partial charge is 0.496 e. The van der Waals surface area contributed by atoms with Gasteiger partial charge in [0.1, 0.15) is 5.75 Å². The van der Waals surface area contributed by atoms with Crippen molar-refractivity contribution in [2.24, 2.45) is 5.92 Å². The molecule has 1 aliphatic heterocycles. The van der Waals surface area contributed by atoms with Crippen molar-refractivity contribution in [2.75, 3.05) is 27.3 Å². The van der Waals surface area contributed by atoms with Crippen molar-refractivity contribution in [3.8, 4) is 5.75 Å². The molecule has 0 radical (unpaired) electrons. The first kappa shape index (κ1) is 16.8. The number of carbonyl (C=O) groups is 1. The van der Waals surface area contributed by atoms with Gasteiger partial charge in [-0.15, -0.1) is 0 Å². The molecular weight excluding hydrogens is 278 g/mol. The zero-order valence-electron chi connectivity index (χ0n) is 13.9. The van der Waals surface area contributed by atoms with Gasteiger partial charge in [0.15, 0.2) is 0 Å². The summed E-state index contributed by atoms with van der Waals surface area (Å²) in [6, 6.07) is 8.02. The maximum absolute atomic E-state index is 12.5. The Balaban J connectivity index is 1.88. The number of hydrogen-bond acceptors (Lipinski definition) is 3. The number of rotatable bonds is 6. The summed E-state index contributed by atoms with van der Waals surface area (Å²) >= 11 is 0. The summed E-state index contributed by atoms with van der Waals surface area (Å²) < 4.78 is 10.8. The van der Waals surface area contributed by atoms with Gasteiger partial charge in [-0.05, 0) is 36.8 Å². The Labute approximate surface area is 133 Å². The number of hydrogen-bond donors (Lipinski definition) is 0. The highest BCUT2D eigenvalue weighted by Gasteiger charge is 2.24. The Morgan fingerprint density at radius 3 is 2.86 bits per heavy atom. The summed E-state index contributed by atoms with van der Waals surface area (Å²) in [4.78, 5) is 14.4. The van der Waals surface area contributed by atoms with Crippen LogP contribution in [0.4, 0.5) is 0 Å². The van der Waals surface area contributed by atoms with Crippen LogP contribution in [0.3, 0.4) is 0 Å². The predicted octanol–water partition coefficient (Wildman–Crippen LogP) is 2.90. The van der Waals surface area contributed by atoms with Crippen LogP contribution >= 0.6 is 0 Å². The van der Waals surface area contributed by atoms with Gasteiger partial charge in [0, 0.05) is 26.6 Å². The lowest BCUT2D eigenvalue weighted by molar-refractivity contribution is -0.135. The van der Waals surface area contributed by atoms with Crippen molar-refractivity contribution >= 4 is 5.91 Å². The second-order valence-electron chi connectivity index (χ2n) is 6.16. The number of carbonyl (C=O) groups excluding carboxylic acids is 1. The normalized spacial score (nSPS) is 19.8. The smallest absolute Gasteiger partial charge is 0.222 e. The minimum Gasteiger partial charge on any atom is -0.496 e. The second kappa shape index (κ2) is 8.18. The SMILES string of the molecule is COc1ccccc1C[C@@H](C)CC(=O)N1CCC[C@H](OC)C1. The fourth-order valence-electron chi connectivity index (χ4n) is 3.10. The number of amides is 1. The number of methoxy groups -OCH3 is 2. The Hall–Kier alpha value is -1.55. The van der Waals surface area contributed by atoms with E-state index >= 15 is 0 Å². The molecule has 22 heavy (non-hydrogen) atoms. The fourth-order valence-corrected chi connectivity index (χ4v) is 3.10. The topological polar surface area (TPSA) is 38.8 Å². The van der Waals surface area contributed by atoms with Crippen LogP contribution in [0.2, 0.25) is 0 Å². The van der Waals surface area contributed by atoms with Crippen LogP contribution < -0.4 is 4.74 Å². The van der Waals surface area contributed by atoms with E-state index in [-0.39, 0.29) is 12.0 Å². The van der Waals surface area contributed by atoms with Crippen molar-refractivity contribution < 1.29 is 14.3 Å². The average Bonchev–Trinajstić information content (AvgIpc) is 2.55. The first-order chi connectivity index (χ1) is 10.6. The van der Waals surface area contributed by atoms with Crippen LogP contribution in [0.1, 0.15) is 31.7 Å². The van der Waals surface area contributed by atoms with Crippen LogP contribution in [0, 0.1) is 5.92 Å². The summed E-state index contributed by atoms with van der Waals surface area (Å²) in [7, 11) is 3.41. The molecule has 0 unspecified atom stereocenters. The van der Waals surface area contributed by atoms with E-state index < -0.39 is 0 Å². The molecule has 1 aliphatic rings. The van der Waals surface area contributed by atoms with E-state index in [0.717, 1.165) is 38.1 Å². The molecule has 0 aliphatic carbocycles. The number of likely N-dealkylation sites (tertiary alicyclic amines) is 1. The van der Waals surface area contributed by atoms with Crippen molar-refractivity contribution in [2.45, 2.75) is 38.7 Å². The molecule has 1 aromatic rings. The summed E-state index contributed by atoms with van der Waals surface area (Å²) in [5, 5.41) is 0. The van der Waals surface area contributed by atoms with Gasteiger partial charge in [-0.25, -0.2) is 0 Å². The fraction of sp³-hybridized carbons (Fsp3) is 0.611. The van der Waals surface area contributed by atoms with Crippen LogP contribution in [-0.2, 0) is 16.0 Å². The molecule has 2 rings (SSSR count). The molecular formula is C18H27NO3. The molecule has 1 heterocycles. The third-order valence-electron chi connectivity index (χ3n) is 4.35. The third-order valence-corrected chi connectivity index (χ3v) is 4.35. The average molecular weight is 305 g/mol. The molecule has 0 saturated carbocycles.